The topological polar surface area (TPSA) is 54.4 Å². The van der Waals surface area contributed by atoms with E-state index in [9.17, 15) is 13.2 Å². The van der Waals surface area contributed by atoms with Crippen LogP contribution >= 0.6 is 31.7 Å². The van der Waals surface area contributed by atoms with Crippen molar-refractivity contribution in [3.05, 3.63) is 121 Å². The van der Waals surface area contributed by atoms with Crippen LogP contribution in [0.25, 0.3) is 0 Å². The second kappa shape index (κ2) is 20.5. The van der Waals surface area contributed by atoms with Gasteiger partial charge in [0.25, 0.3) is 0 Å². The van der Waals surface area contributed by atoms with Gasteiger partial charge in [-0.2, -0.15) is 21.6 Å². The summed E-state index contributed by atoms with van der Waals surface area (Å²) in [5.74, 6) is 0. The SMILES string of the molecule is O=S(=O)(O)C(F)(F)F.[Cu].c1ccc(P2CCCP(c3ccccc3)CCP(c3ccccc3)CCCP(c3ccccc3)CC2)cc1. The van der Waals surface area contributed by atoms with Crippen LogP contribution in [-0.2, 0) is 27.2 Å². The average Bonchev–Trinajstić information content (AvgIpc) is 3.06. The Morgan fingerprint density at radius 2 is 0.638 bits per heavy atom. The third kappa shape index (κ3) is 13.6. The predicted molar refractivity (Wildman–Crippen MR) is 198 cm³/mol. The van der Waals surface area contributed by atoms with Crippen molar-refractivity contribution in [1.29, 1.82) is 0 Å². The average molecular weight is 786 g/mol. The third-order valence-corrected chi connectivity index (χ3v) is 19.7. The monoisotopic (exact) mass is 785 g/mol. The molecule has 1 fully saturated rings. The summed E-state index contributed by atoms with van der Waals surface area (Å²) < 4.78 is 57.5. The molecule has 0 saturated carbocycles. The minimum Gasteiger partial charge on any atom is -0.279 e. The molecule has 4 aromatic carbocycles. The normalized spacial score (nSPS) is 21.6. The van der Waals surface area contributed by atoms with Gasteiger partial charge in [0.05, 0.1) is 0 Å². The van der Waals surface area contributed by atoms with Crippen LogP contribution in [0.2, 0.25) is 0 Å². The van der Waals surface area contributed by atoms with Crippen LogP contribution in [0.15, 0.2) is 121 Å². The summed E-state index contributed by atoms with van der Waals surface area (Å²) >= 11 is 0. The Bertz CT molecular complexity index is 1350. The zero-order valence-electron chi connectivity index (χ0n) is 26.0. The van der Waals surface area contributed by atoms with E-state index in [4.69, 9.17) is 13.0 Å². The van der Waals surface area contributed by atoms with E-state index in [0.29, 0.717) is 0 Å². The molecule has 3 nitrogen and oxygen atoms in total. The first-order chi connectivity index (χ1) is 22.1. The van der Waals surface area contributed by atoms with E-state index >= 15 is 0 Å². The molecule has 0 bridgehead atoms. The summed E-state index contributed by atoms with van der Waals surface area (Å²) in [6, 6.07) is 46.0. The number of hydrogen-bond donors (Lipinski definition) is 1. The van der Waals surface area contributed by atoms with Gasteiger partial charge < -0.3 is 0 Å². The van der Waals surface area contributed by atoms with Gasteiger partial charge in [-0.25, -0.2) is 0 Å². The van der Waals surface area contributed by atoms with E-state index in [1.807, 2.05) is 0 Å². The molecule has 0 aliphatic carbocycles. The van der Waals surface area contributed by atoms with Crippen LogP contribution < -0.4 is 21.2 Å². The Kier molecular flexibility index (Phi) is 17.5. The molecule has 47 heavy (non-hydrogen) atoms. The summed E-state index contributed by atoms with van der Waals surface area (Å²) in [6.45, 7) is 0. The quantitative estimate of drug-likeness (QED) is 0.0980. The van der Waals surface area contributed by atoms with Crippen molar-refractivity contribution in [3.8, 4) is 0 Å². The van der Waals surface area contributed by atoms with E-state index in [0.717, 1.165) is 0 Å². The minimum atomic E-state index is -5.84. The number of rotatable bonds is 4. The van der Waals surface area contributed by atoms with Crippen LogP contribution in [0.4, 0.5) is 13.2 Å². The number of halogens is 3. The summed E-state index contributed by atoms with van der Waals surface area (Å²) in [4.78, 5) is 0. The van der Waals surface area contributed by atoms with Crippen LogP contribution in [0.3, 0.4) is 0 Å². The molecule has 1 aliphatic rings. The maximum Gasteiger partial charge on any atom is 0.522 e. The van der Waals surface area contributed by atoms with Gasteiger partial charge in [-0.1, -0.05) is 153 Å². The molecule has 4 unspecified atom stereocenters. The van der Waals surface area contributed by atoms with E-state index in [1.54, 1.807) is 21.2 Å². The van der Waals surface area contributed by atoms with Crippen molar-refractivity contribution in [1.82, 2.24) is 0 Å². The van der Waals surface area contributed by atoms with Gasteiger partial charge in [-0.05, 0) is 83.4 Å². The molecule has 0 amide bonds. The number of hydrogen-bond acceptors (Lipinski definition) is 2. The molecule has 4 aromatic rings. The standard InChI is InChI=1S/C34H40P4.CHF3O3S.Cu/c1-5-15-31(16-6-1)35-23-13-24-37(33-19-9-3-10-20-33)29-30-38(34-21-11-4-12-22-34)26-14-25-36(28-27-35)32-17-7-2-8-18-32;2-1(3,4)8(5,6)7;/h1-12,15-22H,13-14,23-30H2;(H,5,6,7);. The zero-order chi connectivity index (χ0) is 32.8. The Morgan fingerprint density at radius 1 is 0.447 bits per heavy atom. The summed E-state index contributed by atoms with van der Waals surface area (Å²) in [5.41, 5.74) is -5.53. The molecule has 257 valence electrons. The van der Waals surface area contributed by atoms with E-state index in [1.165, 1.54) is 62.1 Å². The molecule has 0 spiro atoms. The summed E-state index contributed by atoms with van der Waals surface area (Å²) in [6.07, 6.45) is 13.8. The predicted octanol–water partition coefficient (Wildman–Crippen LogP) is 8.40. The van der Waals surface area contributed by atoms with Crippen molar-refractivity contribution in [2.24, 2.45) is 0 Å². The van der Waals surface area contributed by atoms with Crippen molar-refractivity contribution in [2.75, 3.05) is 49.3 Å². The van der Waals surface area contributed by atoms with E-state index in [-0.39, 0.29) is 48.8 Å². The molecule has 12 heteroatoms. The third-order valence-electron chi connectivity index (χ3n) is 7.77. The Balaban J connectivity index is 0.000000594. The van der Waals surface area contributed by atoms with Crippen molar-refractivity contribution >= 4 is 63.0 Å². The smallest absolute Gasteiger partial charge is 0.279 e. The van der Waals surface area contributed by atoms with Crippen LogP contribution in [-0.4, -0.2) is 67.8 Å². The van der Waals surface area contributed by atoms with Gasteiger partial charge in [-0.3, -0.25) is 4.55 Å². The van der Waals surface area contributed by atoms with Gasteiger partial charge in [-0.15, -0.1) is 0 Å². The first-order valence-corrected chi connectivity index (χ1v) is 23.6. The van der Waals surface area contributed by atoms with Crippen LogP contribution in [0, 0.1) is 0 Å². The molecule has 1 aliphatic heterocycles. The van der Waals surface area contributed by atoms with Gasteiger partial charge in [0, 0.05) is 17.1 Å². The number of alkyl halides is 3. The second-order valence-corrected chi connectivity index (χ2v) is 22.3. The van der Waals surface area contributed by atoms with Crippen LogP contribution in [0.5, 0.6) is 0 Å². The molecule has 4 atom stereocenters. The maximum absolute atomic E-state index is 10.7. The minimum absolute atomic E-state index is 0. The fourth-order valence-corrected chi connectivity index (χ4v) is 17.3. The van der Waals surface area contributed by atoms with Crippen LogP contribution in [0.1, 0.15) is 12.8 Å². The Hall–Kier alpha value is -1.18. The van der Waals surface area contributed by atoms with E-state index < -0.39 is 15.6 Å². The molecule has 1 N–H and O–H groups in total. The fourth-order valence-electron chi connectivity index (χ4n) is 5.42. The molecule has 1 radical (unpaired) electrons. The fraction of sp³-hybridized carbons (Fsp3) is 0.314. The van der Waals surface area contributed by atoms with E-state index in [2.05, 4.69) is 121 Å². The van der Waals surface area contributed by atoms with Gasteiger partial charge >= 0.3 is 15.6 Å². The Morgan fingerprint density at radius 3 is 0.809 bits per heavy atom. The summed E-state index contributed by atoms with van der Waals surface area (Å²) in [5, 5.41) is 6.48. The van der Waals surface area contributed by atoms with Gasteiger partial charge in [0.2, 0.25) is 0 Å². The molecule has 1 heterocycles. The maximum atomic E-state index is 10.7. The number of benzene rings is 4. The molecule has 1 saturated heterocycles. The zero-order valence-corrected chi connectivity index (χ0v) is 31.4. The first kappa shape index (κ1) is 40.3. The first-order valence-electron chi connectivity index (χ1n) is 15.4. The molecular weight excluding hydrogens is 745 g/mol. The second-order valence-electron chi connectivity index (χ2n) is 10.9. The molecule has 0 aromatic heterocycles. The summed E-state index contributed by atoms with van der Waals surface area (Å²) in [7, 11) is -6.22. The van der Waals surface area contributed by atoms with Crippen molar-refractivity contribution in [2.45, 2.75) is 18.3 Å². The molecule has 5 rings (SSSR count). The van der Waals surface area contributed by atoms with Gasteiger partial charge in [0.1, 0.15) is 0 Å². The Labute approximate surface area is 293 Å². The largest absolute Gasteiger partial charge is 0.522 e. The van der Waals surface area contributed by atoms with Crippen molar-refractivity contribution in [3.63, 3.8) is 0 Å². The van der Waals surface area contributed by atoms with Crippen molar-refractivity contribution < 1.29 is 43.2 Å². The molecular formula is C35H41CuF3O3P4S. The van der Waals surface area contributed by atoms with Gasteiger partial charge in [0.15, 0.2) is 0 Å².